The van der Waals surface area contributed by atoms with Crippen molar-refractivity contribution in [3.05, 3.63) is 12.7 Å². The van der Waals surface area contributed by atoms with Crippen LogP contribution in [0.2, 0.25) is 0 Å². The maximum absolute atomic E-state index is 11.9. The van der Waals surface area contributed by atoms with Gasteiger partial charge in [-0.2, -0.15) is 8.42 Å². The lowest BCUT2D eigenvalue weighted by Gasteiger charge is -2.25. The Labute approximate surface area is 144 Å². The van der Waals surface area contributed by atoms with Gasteiger partial charge in [0.2, 0.25) is 11.8 Å². The predicted octanol–water partition coefficient (Wildman–Crippen LogP) is 0.172. The number of hydrogen-bond donors (Lipinski definition) is 3. The molecular weight excluding hydrogens is 334 g/mol. The highest BCUT2D eigenvalue weighted by Crippen LogP contribution is 2.06. The van der Waals surface area contributed by atoms with E-state index in [1.807, 2.05) is 18.9 Å². The second kappa shape index (κ2) is 9.75. The fraction of sp³-hybridized carbons (Fsp3) is 0.733. The van der Waals surface area contributed by atoms with Crippen molar-refractivity contribution >= 4 is 21.9 Å². The van der Waals surface area contributed by atoms with E-state index in [9.17, 15) is 18.0 Å². The number of hydrogen-bond acceptors (Lipinski definition) is 5. The molecule has 1 unspecified atom stereocenters. The number of carbonyl (C=O) groups excluding carboxylic acids is 2. The monoisotopic (exact) mass is 363 g/mol. The third-order valence-electron chi connectivity index (χ3n) is 3.26. The van der Waals surface area contributed by atoms with Crippen LogP contribution in [-0.2, 0) is 19.7 Å². The number of rotatable bonds is 11. The lowest BCUT2D eigenvalue weighted by atomic mass is 10.1. The average Bonchev–Trinajstić information content (AvgIpc) is 2.39. The molecule has 2 amide bonds. The van der Waals surface area contributed by atoms with E-state index in [1.165, 1.54) is 19.9 Å². The molecule has 0 saturated carbocycles. The van der Waals surface area contributed by atoms with Crippen LogP contribution in [0.15, 0.2) is 12.7 Å². The van der Waals surface area contributed by atoms with Gasteiger partial charge in [0.05, 0.1) is 11.3 Å². The van der Waals surface area contributed by atoms with Crippen molar-refractivity contribution in [3.63, 3.8) is 0 Å². The topological polar surface area (TPSA) is 116 Å². The fourth-order valence-corrected chi connectivity index (χ4v) is 3.11. The molecule has 0 aliphatic heterocycles. The number of nitrogens with zero attached hydrogens (tertiary/aromatic N) is 1. The van der Waals surface area contributed by atoms with Gasteiger partial charge in [-0.3, -0.25) is 14.1 Å². The first kappa shape index (κ1) is 22.6. The van der Waals surface area contributed by atoms with Gasteiger partial charge in [0, 0.05) is 19.0 Å². The van der Waals surface area contributed by atoms with Crippen molar-refractivity contribution in [2.45, 2.75) is 45.2 Å². The molecule has 3 N–H and O–H groups in total. The van der Waals surface area contributed by atoms with Crippen molar-refractivity contribution in [2.24, 2.45) is 0 Å². The van der Waals surface area contributed by atoms with E-state index in [-0.39, 0.29) is 24.3 Å². The van der Waals surface area contributed by atoms with E-state index < -0.39 is 21.4 Å². The van der Waals surface area contributed by atoms with Crippen LogP contribution in [0, 0.1) is 0 Å². The summed E-state index contributed by atoms with van der Waals surface area (Å²) in [5.74, 6) is -1.05. The first-order chi connectivity index (χ1) is 10.8. The Balaban J connectivity index is 4.13. The van der Waals surface area contributed by atoms with Gasteiger partial charge < -0.3 is 15.5 Å². The molecule has 0 spiro atoms. The molecule has 0 bridgehead atoms. The van der Waals surface area contributed by atoms with Gasteiger partial charge in [-0.25, -0.2) is 0 Å². The van der Waals surface area contributed by atoms with Crippen LogP contribution in [-0.4, -0.2) is 67.2 Å². The van der Waals surface area contributed by atoms with Gasteiger partial charge in [0.1, 0.15) is 0 Å². The minimum absolute atomic E-state index is 0.000436. The maximum Gasteiger partial charge on any atom is 0.267 e. The Kier molecular flexibility index (Phi) is 9.16. The predicted molar refractivity (Wildman–Crippen MR) is 93.2 cm³/mol. The molecule has 0 heterocycles. The smallest absolute Gasteiger partial charge is 0.267 e. The largest absolute Gasteiger partial charge is 0.350 e. The summed E-state index contributed by atoms with van der Waals surface area (Å²) in [5.41, 5.74) is -1.03. The van der Waals surface area contributed by atoms with Gasteiger partial charge >= 0.3 is 0 Å². The standard InChI is InChI=1S/C15H29N3O5S/c1-6-13(19)16-12(2)7-9-18(5)10-8-14(20)17-15(3,4)11-24(21,22)23/h6,12H,1,7-11H2,2-5H3,(H,16,19)(H,17,20)(H,21,22,23). The number of amides is 2. The van der Waals surface area contributed by atoms with Crippen LogP contribution in [0.5, 0.6) is 0 Å². The zero-order valence-corrected chi connectivity index (χ0v) is 15.6. The van der Waals surface area contributed by atoms with Gasteiger partial charge in [0.25, 0.3) is 10.1 Å². The summed E-state index contributed by atoms with van der Waals surface area (Å²) < 4.78 is 30.7. The minimum atomic E-state index is -4.16. The summed E-state index contributed by atoms with van der Waals surface area (Å²) >= 11 is 0. The summed E-state index contributed by atoms with van der Waals surface area (Å²) in [4.78, 5) is 25.0. The first-order valence-electron chi connectivity index (χ1n) is 7.72. The quantitative estimate of drug-likeness (QED) is 0.356. The highest BCUT2D eigenvalue weighted by molar-refractivity contribution is 7.85. The zero-order valence-electron chi connectivity index (χ0n) is 14.8. The fourth-order valence-electron chi connectivity index (χ4n) is 2.12. The Hall–Kier alpha value is -1.45. The Morgan fingerprint density at radius 3 is 2.42 bits per heavy atom. The van der Waals surface area contributed by atoms with Crippen LogP contribution in [0.3, 0.4) is 0 Å². The Bertz CT molecular complexity index is 545. The lowest BCUT2D eigenvalue weighted by molar-refractivity contribution is -0.122. The highest BCUT2D eigenvalue weighted by atomic mass is 32.2. The average molecular weight is 363 g/mol. The van der Waals surface area contributed by atoms with E-state index in [0.29, 0.717) is 13.1 Å². The third-order valence-corrected chi connectivity index (χ3v) is 4.35. The van der Waals surface area contributed by atoms with Crippen LogP contribution in [0.25, 0.3) is 0 Å². The van der Waals surface area contributed by atoms with E-state index in [2.05, 4.69) is 17.2 Å². The van der Waals surface area contributed by atoms with Crippen molar-refractivity contribution < 1.29 is 22.6 Å². The molecule has 0 aromatic heterocycles. The molecule has 0 radical (unpaired) electrons. The third kappa shape index (κ3) is 12.0. The normalized spacial score (nSPS) is 13.4. The molecule has 8 nitrogen and oxygen atoms in total. The minimum Gasteiger partial charge on any atom is -0.350 e. The van der Waals surface area contributed by atoms with E-state index >= 15 is 0 Å². The molecule has 0 aliphatic rings. The Morgan fingerprint density at radius 2 is 1.92 bits per heavy atom. The lowest BCUT2D eigenvalue weighted by Crippen LogP contribution is -2.48. The van der Waals surface area contributed by atoms with Crippen LogP contribution < -0.4 is 10.6 Å². The maximum atomic E-state index is 11.9. The second-order valence-corrected chi connectivity index (χ2v) is 8.07. The Morgan fingerprint density at radius 1 is 1.33 bits per heavy atom. The summed E-state index contributed by atoms with van der Waals surface area (Å²) in [6.07, 6.45) is 2.16. The molecule has 9 heteroatoms. The second-order valence-electron chi connectivity index (χ2n) is 6.61. The summed E-state index contributed by atoms with van der Waals surface area (Å²) in [6.45, 7) is 9.54. The van der Waals surface area contributed by atoms with E-state index in [0.717, 1.165) is 6.42 Å². The zero-order chi connectivity index (χ0) is 19.0. The van der Waals surface area contributed by atoms with Crippen molar-refractivity contribution in [3.8, 4) is 0 Å². The molecule has 140 valence electrons. The van der Waals surface area contributed by atoms with E-state index in [4.69, 9.17) is 4.55 Å². The molecule has 0 aliphatic carbocycles. The van der Waals surface area contributed by atoms with Gasteiger partial charge in [-0.1, -0.05) is 6.58 Å². The molecule has 0 fully saturated rings. The van der Waals surface area contributed by atoms with Crippen LogP contribution in [0.1, 0.15) is 33.6 Å². The highest BCUT2D eigenvalue weighted by Gasteiger charge is 2.26. The van der Waals surface area contributed by atoms with E-state index in [1.54, 1.807) is 0 Å². The molecule has 0 saturated heterocycles. The van der Waals surface area contributed by atoms with Crippen molar-refractivity contribution in [2.75, 3.05) is 25.9 Å². The summed E-state index contributed by atoms with van der Waals surface area (Å²) in [7, 11) is -2.30. The summed E-state index contributed by atoms with van der Waals surface area (Å²) in [6, 6.07) is 0.000436. The van der Waals surface area contributed by atoms with Crippen molar-refractivity contribution in [1.29, 1.82) is 0 Å². The number of nitrogens with one attached hydrogen (secondary N) is 2. The molecular formula is C15H29N3O5S. The first-order valence-corrected chi connectivity index (χ1v) is 9.33. The van der Waals surface area contributed by atoms with Gasteiger partial charge in [0.15, 0.2) is 0 Å². The van der Waals surface area contributed by atoms with Crippen LogP contribution >= 0.6 is 0 Å². The molecule has 0 aromatic carbocycles. The number of carbonyl (C=O) groups is 2. The molecule has 1 atom stereocenters. The SMILES string of the molecule is C=CC(=O)NC(C)CCN(C)CCC(=O)NC(C)(C)CS(=O)(=O)O. The molecule has 0 rings (SSSR count). The van der Waals surface area contributed by atoms with Gasteiger partial charge in [-0.15, -0.1) is 0 Å². The molecule has 24 heavy (non-hydrogen) atoms. The van der Waals surface area contributed by atoms with Crippen molar-refractivity contribution in [1.82, 2.24) is 15.5 Å². The van der Waals surface area contributed by atoms with Crippen LogP contribution in [0.4, 0.5) is 0 Å². The summed E-state index contributed by atoms with van der Waals surface area (Å²) in [5, 5.41) is 5.35. The molecule has 0 aromatic rings. The van der Waals surface area contributed by atoms with Gasteiger partial charge in [-0.05, 0) is 46.9 Å².